The SMILES string of the molecule is CCC(O)(c1ccc(F)cn1)c1c(Br)cnn1C. The van der Waals surface area contributed by atoms with E-state index in [4.69, 9.17) is 0 Å². The molecule has 0 fully saturated rings. The van der Waals surface area contributed by atoms with Crippen molar-refractivity contribution in [3.05, 3.63) is 46.2 Å². The number of hydrogen-bond acceptors (Lipinski definition) is 3. The van der Waals surface area contributed by atoms with Crippen LogP contribution < -0.4 is 0 Å². The molecule has 0 aliphatic carbocycles. The van der Waals surface area contributed by atoms with Crippen LogP contribution in [0, 0.1) is 5.82 Å². The lowest BCUT2D eigenvalue weighted by Gasteiger charge is -2.27. The molecule has 0 saturated carbocycles. The largest absolute Gasteiger partial charge is 0.377 e. The van der Waals surface area contributed by atoms with Crippen molar-refractivity contribution in [1.29, 1.82) is 0 Å². The Labute approximate surface area is 113 Å². The third-order valence-corrected chi connectivity index (χ3v) is 3.53. The molecule has 0 aromatic carbocycles. The van der Waals surface area contributed by atoms with Crippen LogP contribution in [0.25, 0.3) is 0 Å². The van der Waals surface area contributed by atoms with E-state index in [1.54, 1.807) is 17.9 Å². The molecular weight excluding hydrogens is 301 g/mol. The maximum absolute atomic E-state index is 12.9. The molecule has 2 aromatic rings. The van der Waals surface area contributed by atoms with E-state index < -0.39 is 11.4 Å². The molecule has 4 nitrogen and oxygen atoms in total. The van der Waals surface area contributed by atoms with Gasteiger partial charge in [0.05, 0.1) is 28.3 Å². The molecule has 0 aliphatic heterocycles. The van der Waals surface area contributed by atoms with Gasteiger partial charge < -0.3 is 5.11 Å². The smallest absolute Gasteiger partial charge is 0.149 e. The van der Waals surface area contributed by atoms with Crippen LogP contribution in [0.15, 0.2) is 29.0 Å². The van der Waals surface area contributed by atoms with Crippen molar-refractivity contribution < 1.29 is 9.50 Å². The molecule has 1 unspecified atom stereocenters. The molecule has 2 heterocycles. The topological polar surface area (TPSA) is 50.9 Å². The van der Waals surface area contributed by atoms with Crippen molar-refractivity contribution >= 4 is 15.9 Å². The lowest BCUT2D eigenvalue weighted by molar-refractivity contribution is 0.0623. The summed E-state index contributed by atoms with van der Waals surface area (Å²) in [5, 5.41) is 14.9. The Morgan fingerprint density at radius 2 is 2.17 bits per heavy atom. The van der Waals surface area contributed by atoms with Crippen LogP contribution in [0.2, 0.25) is 0 Å². The van der Waals surface area contributed by atoms with E-state index in [1.807, 2.05) is 6.92 Å². The highest BCUT2D eigenvalue weighted by Crippen LogP contribution is 2.35. The van der Waals surface area contributed by atoms with Crippen LogP contribution in [0.1, 0.15) is 24.7 Å². The first-order valence-electron chi connectivity index (χ1n) is 5.51. The highest BCUT2D eigenvalue weighted by molar-refractivity contribution is 9.10. The minimum atomic E-state index is -1.29. The molecule has 0 aliphatic rings. The Balaban J connectivity index is 2.58. The molecule has 2 aromatic heterocycles. The molecule has 0 spiro atoms. The Hall–Kier alpha value is -1.27. The van der Waals surface area contributed by atoms with E-state index in [9.17, 15) is 9.50 Å². The number of pyridine rings is 1. The van der Waals surface area contributed by atoms with Gasteiger partial charge in [-0.25, -0.2) is 4.39 Å². The van der Waals surface area contributed by atoms with Gasteiger partial charge in [0.15, 0.2) is 0 Å². The molecule has 1 N–H and O–H groups in total. The molecule has 1 atom stereocenters. The van der Waals surface area contributed by atoms with Gasteiger partial charge in [-0.05, 0) is 34.5 Å². The van der Waals surface area contributed by atoms with Crippen molar-refractivity contribution in [2.45, 2.75) is 18.9 Å². The van der Waals surface area contributed by atoms with Crippen LogP contribution in [0.4, 0.5) is 4.39 Å². The van der Waals surface area contributed by atoms with Gasteiger partial charge >= 0.3 is 0 Å². The Kier molecular flexibility index (Phi) is 3.49. The highest BCUT2D eigenvalue weighted by atomic mass is 79.9. The maximum atomic E-state index is 12.9. The average Bonchev–Trinajstić information content (AvgIpc) is 2.69. The van der Waals surface area contributed by atoms with Crippen molar-refractivity contribution in [3.63, 3.8) is 0 Å². The molecule has 0 saturated heterocycles. The average molecular weight is 314 g/mol. The molecule has 6 heteroatoms. The molecule has 0 radical (unpaired) electrons. The number of hydrogen-bond donors (Lipinski definition) is 1. The van der Waals surface area contributed by atoms with Gasteiger partial charge in [0, 0.05) is 7.05 Å². The van der Waals surface area contributed by atoms with Crippen LogP contribution in [0.5, 0.6) is 0 Å². The Morgan fingerprint density at radius 1 is 1.44 bits per heavy atom. The van der Waals surface area contributed by atoms with Gasteiger partial charge in [-0.1, -0.05) is 6.92 Å². The zero-order valence-electron chi connectivity index (χ0n) is 10.1. The van der Waals surface area contributed by atoms with Crippen molar-refractivity contribution in [2.24, 2.45) is 7.05 Å². The van der Waals surface area contributed by atoms with E-state index in [1.165, 1.54) is 12.1 Å². The number of aliphatic hydroxyl groups is 1. The first-order chi connectivity index (χ1) is 8.49. The monoisotopic (exact) mass is 313 g/mol. The summed E-state index contributed by atoms with van der Waals surface area (Å²) in [6.07, 6.45) is 3.11. The highest BCUT2D eigenvalue weighted by Gasteiger charge is 2.36. The van der Waals surface area contributed by atoms with E-state index in [0.717, 1.165) is 6.20 Å². The molecule has 2 rings (SSSR count). The molecule has 96 valence electrons. The number of halogens is 2. The summed E-state index contributed by atoms with van der Waals surface area (Å²) in [6.45, 7) is 1.84. The minimum absolute atomic E-state index is 0.399. The predicted octanol–water partition coefficient (Wildman–Crippen LogP) is 2.36. The second kappa shape index (κ2) is 4.78. The van der Waals surface area contributed by atoms with Crippen molar-refractivity contribution in [2.75, 3.05) is 0 Å². The third kappa shape index (κ3) is 2.06. The first kappa shape index (κ1) is 13.2. The third-order valence-electron chi connectivity index (χ3n) is 2.95. The quantitative estimate of drug-likeness (QED) is 0.946. The second-order valence-corrected chi connectivity index (χ2v) is 4.89. The van der Waals surface area contributed by atoms with Gasteiger partial charge in [0.2, 0.25) is 0 Å². The summed E-state index contributed by atoms with van der Waals surface area (Å²) in [5.41, 5.74) is -0.294. The van der Waals surface area contributed by atoms with Crippen LogP contribution in [-0.2, 0) is 12.6 Å². The van der Waals surface area contributed by atoms with Gasteiger partial charge in [0.1, 0.15) is 11.4 Å². The fourth-order valence-corrected chi connectivity index (χ4v) is 2.64. The van der Waals surface area contributed by atoms with E-state index >= 15 is 0 Å². The summed E-state index contributed by atoms with van der Waals surface area (Å²) in [5.74, 6) is -0.429. The minimum Gasteiger partial charge on any atom is -0.377 e. The van der Waals surface area contributed by atoms with Crippen LogP contribution >= 0.6 is 15.9 Å². The first-order valence-corrected chi connectivity index (χ1v) is 6.30. The molecular formula is C12H13BrFN3O. The predicted molar refractivity (Wildman–Crippen MR) is 68.4 cm³/mol. The normalized spacial score (nSPS) is 14.5. The zero-order chi connectivity index (χ0) is 13.3. The van der Waals surface area contributed by atoms with Crippen LogP contribution in [0.3, 0.4) is 0 Å². The number of aromatic nitrogens is 3. The van der Waals surface area contributed by atoms with E-state index in [0.29, 0.717) is 22.3 Å². The second-order valence-electron chi connectivity index (χ2n) is 4.04. The fraction of sp³-hybridized carbons (Fsp3) is 0.333. The van der Waals surface area contributed by atoms with Crippen molar-refractivity contribution in [3.8, 4) is 0 Å². The lowest BCUT2D eigenvalue weighted by atomic mass is 9.92. The van der Waals surface area contributed by atoms with E-state index in [2.05, 4.69) is 26.0 Å². The fourth-order valence-electron chi connectivity index (χ4n) is 1.97. The van der Waals surface area contributed by atoms with E-state index in [-0.39, 0.29) is 0 Å². The Bertz CT molecular complexity index is 535. The summed E-state index contributed by atoms with van der Waals surface area (Å²) in [6, 6.07) is 2.77. The molecule has 18 heavy (non-hydrogen) atoms. The summed E-state index contributed by atoms with van der Waals surface area (Å²) in [4.78, 5) is 3.97. The van der Waals surface area contributed by atoms with Gasteiger partial charge in [0.25, 0.3) is 0 Å². The van der Waals surface area contributed by atoms with Gasteiger partial charge in [-0.15, -0.1) is 0 Å². The Morgan fingerprint density at radius 3 is 2.61 bits per heavy atom. The zero-order valence-corrected chi connectivity index (χ0v) is 11.6. The summed E-state index contributed by atoms with van der Waals surface area (Å²) >= 11 is 3.36. The van der Waals surface area contributed by atoms with Gasteiger partial charge in [-0.3, -0.25) is 9.67 Å². The number of nitrogens with zero attached hydrogens (tertiary/aromatic N) is 3. The number of aryl methyl sites for hydroxylation is 1. The standard InChI is InChI=1S/C12H13BrFN3O/c1-3-12(18,10-5-4-8(14)6-15-10)11-9(13)7-16-17(11)2/h4-7,18H,3H2,1-2H3. The molecule has 0 amide bonds. The van der Waals surface area contributed by atoms with Crippen molar-refractivity contribution in [1.82, 2.24) is 14.8 Å². The maximum Gasteiger partial charge on any atom is 0.149 e. The lowest BCUT2D eigenvalue weighted by Crippen LogP contribution is -2.30. The number of rotatable bonds is 3. The molecule has 0 bridgehead atoms. The summed E-state index contributed by atoms with van der Waals surface area (Å²) in [7, 11) is 1.74. The summed E-state index contributed by atoms with van der Waals surface area (Å²) < 4.78 is 15.2. The van der Waals surface area contributed by atoms with Gasteiger partial charge in [-0.2, -0.15) is 5.10 Å². The van der Waals surface area contributed by atoms with Crippen LogP contribution in [-0.4, -0.2) is 19.9 Å².